The minimum Gasteiger partial charge on any atom is -0.379 e. The van der Waals surface area contributed by atoms with E-state index in [9.17, 15) is 0 Å². The lowest BCUT2D eigenvalue weighted by Gasteiger charge is -2.34. The van der Waals surface area contributed by atoms with Gasteiger partial charge in [-0.05, 0) is 44.0 Å². The predicted octanol–water partition coefficient (Wildman–Crippen LogP) is 2.61. The molecule has 0 radical (unpaired) electrons. The molecule has 1 aromatic rings. The summed E-state index contributed by atoms with van der Waals surface area (Å²) >= 11 is 0. The first-order chi connectivity index (χ1) is 15.8. The molecule has 8 heteroatoms. The van der Waals surface area contributed by atoms with Crippen molar-refractivity contribution in [1.29, 1.82) is 0 Å². The molecule has 0 amide bonds. The molecule has 2 N–H and O–H groups in total. The van der Waals surface area contributed by atoms with Crippen molar-refractivity contribution in [2.45, 2.75) is 39.8 Å². The van der Waals surface area contributed by atoms with E-state index in [1.807, 2.05) is 0 Å². The van der Waals surface area contributed by atoms with Crippen LogP contribution >= 0.6 is 24.0 Å². The highest BCUT2D eigenvalue weighted by molar-refractivity contribution is 14.0. The van der Waals surface area contributed by atoms with Crippen molar-refractivity contribution < 1.29 is 4.74 Å². The highest BCUT2D eigenvalue weighted by Gasteiger charge is 2.15. The van der Waals surface area contributed by atoms with Gasteiger partial charge in [-0.3, -0.25) is 4.90 Å². The summed E-state index contributed by atoms with van der Waals surface area (Å²) in [6, 6.07) is 8.70. The number of nitrogens with zero attached hydrogens (tertiary/aromatic N) is 4. The number of halogens is 1. The van der Waals surface area contributed by atoms with Gasteiger partial charge in [0.1, 0.15) is 0 Å². The van der Waals surface area contributed by atoms with Crippen molar-refractivity contribution in [2.75, 3.05) is 78.7 Å². The van der Waals surface area contributed by atoms with Crippen LogP contribution in [0.2, 0.25) is 0 Å². The molecule has 0 atom stereocenters. The van der Waals surface area contributed by atoms with Crippen LogP contribution < -0.4 is 10.6 Å². The third-order valence-corrected chi connectivity index (χ3v) is 6.47. The second-order valence-electron chi connectivity index (χ2n) is 8.76. The number of guanidine groups is 1. The normalized spacial score (nSPS) is 18.7. The van der Waals surface area contributed by atoms with E-state index in [1.54, 1.807) is 0 Å². The van der Waals surface area contributed by atoms with Crippen molar-refractivity contribution in [1.82, 2.24) is 25.3 Å². The first-order valence-electron chi connectivity index (χ1n) is 12.6. The van der Waals surface area contributed by atoms with Gasteiger partial charge in [-0.15, -0.1) is 24.0 Å². The largest absolute Gasteiger partial charge is 0.379 e. The smallest absolute Gasteiger partial charge is 0.191 e. The number of hydrogen-bond acceptors (Lipinski definition) is 5. The van der Waals surface area contributed by atoms with Crippen LogP contribution in [0.5, 0.6) is 0 Å². The van der Waals surface area contributed by atoms with E-state index in [0.717, 1.165) is 51.9 Å². The lowest BCUT2D eigenvalue weighted by molar-refractivity contribution is 0.0341. The van der Waals surface area contributed by atoms with Crippen LogP contribution in [-0.2, 0) is 17.8 Å². The summed E-state index contributed by atoms with van der Waals surface area (Å²) < 4.78 is 5.49. The van der Waals surface area contributed by atoms with Crippen molar-refractivity contribution in [2.24, 2.45) is 4.99 Å². The third-order valence-electron chi connectivity index (χ3n) is 6.47. The van der Waals surface area contributed by atoms with E-state index in [0.29, 0.717) is 6.54 Å². The van der Waals surface area contributed by atoms with Crippen molar-refractivity contribution in [3.8, 4) is 0 Å². The molecule has 188 valence electrons. The van der Waals surface area contributed by atoms with Crippen LogP contribution in [0.4, 0.5) is 0 Å². The van der Waals surface area contributed by atoms with Crippen molar-refractivity contribution in [3.63, 3.8) is 0 Å². The van der Waals surface area contributed by atoms with Crippen LogP contribution in [0.15, 0.2) is 29.3 Å². The number of unbranched alkanes of at least 4 members (excludes halogenated alkanes) is 1. The summed E-state index contributed by atoms with van der Waals surface area (Å²) in [6.07, 6.45) is 2.41. The molecule has 0 aliphatic carbocycles. The summed E-state index contributed by atoms with van der Waals surface area (Å²) in [4.78, 5) is 12.5. The zero-order valence-electron chi connectivity index (χ0n) is 20.7. The molecule has 7 nitrogen and oxygen atoms in total. The topological polar surface area (TPSA) is 55.4 Å². The summed E-state index contributed by atoms with van der Waals surface area (Å²) in [5, 5.41) is 6.93. The molecule has 0 bridgehead atoms. The van der Waals surface area contributed by atoms with E-state index < -0.39 is 0 Å². The van der Waals surface area contributed by atoms with Crippen LogP contribution in [0.25, 0.3) is 0 Å². The average Bonchev–Trinajstić information content (AvgIpc) is 2.84. The quantitative estimate of drug-likeness (QED) is 0.184. The zero-order valence-corrected chi connectivity index (χ0v) is 23.1. The van der Waals surface area contributed by atoms with E-state index in [2.05, 4.69) is 63.4 Å². The van der Waals surface area contributed by atoms with E-state index in [1.165, 1.54) is 63.2 Å². The zero-order chi connectivity index (χ0) is 22.4. The average molecular weight is 573 g/mol. The minimum atomic E-state index is 0. The molecule has 0 saturated carbocycles. The second-order valence-corrected chi connectivity index (χ2v) is 8.76. The summed E-state index contributed by atoms with van der Waals surface area (Å²) in [7, 11) is 0. The maximum absolute atomic E-state index is 5.49. The highest BCUT2D eigenvalue weighted by Crippen LogP contribution is 2.14. The van der Waals surface area contributed by atoms with Gasteiger partial charge in [0.2, 0.25) is 0 Å². The summed E-state index contributed by atoms with van der Waals surface area (Å²) in [5.74, 6) is 0.922. The molecule has 33 heavy (non-hydrogen) atoms. The van der Waals surface area contributed by atoms with Gasteiger partial charge >= 0.3 is 0 Å². The number of piperazine rings is 1. The molecular formula is C25H45IN6O. The Bertz CT molecular complexity index is 675. The number of morpholine rings is 1. The lowest BCUT2D eigenvalue weighted by atomic mass is 10.1. The Morgan fingerprint density at radius 1 is 0.879 bits per heavy atom. The maximum Gasteiger partial charge on any atom is 0.191 e. The Kier molecular flexibility index (Phi) is 14.3. The van der Waals surface area contributed by atoms with Gasteiger partial charge in [-0.25, -0.2) is 4.99 Å². The fourth-order valence-corrected chi connectivity index (χ4v) is 4.37. The van der Waals surface area contributed by atoms with E-state index in [4.69, 9.17) is 9.73 Å². The number of rotatable bonds is 11. The standard InChI is InChI=1S/C25H44N6O.HI/c1-3-26-25(27-11-7-8-12-30-15-13-29(4-2)14-16-30)28-21-23-9-5-6-10-24(23)22-31-17-19-32-20-18-31;/h5-6,9-10H,3-4,7-8,11-22H2,1-2H3,(H2,26,27,28);1H. The first kappa shape index (κ1) is 28.3. The Morgan fingerprint density at radius 3 is 2.27 bits per heavy atom. The number of nitrogens with one attached hydrogen (secondary N) is 2. The monoisotopic (exact) mass is 572 g/mol. The van der Waals surface area contributed by atoms with Crippen LogP contribution in [0.3, 0.4) is 0 Å². The molecule has 2 aliphatic heterocycles. The van der Waals surface area contributed by atoms with Crippen LogP contribution in [0, 0.1) is 0 Å². The molecular weight excluding hydrogens is 527 g/mol. The molecule has 0 unspecified atom stereocenters. The Morgan fingerprint density at radius 2 is 1.58 bits per heavy atom. The lowest BCUT2D eigenvalue weighted by Crippen LogP contribution is -2.46. The molecule has 0 aromatic heterocycles. The second kappa shape index (κ2) is 16.6. The van der Waals surface area contributed by atoms with Gasteiger partial charge in [0.15, 0.2) is 5.96 Å². The molecule has 3 rings (SSSR count). The molecule has 2 heterocycles. The fourth-order valence-electron chi connectivity index (χ4n) is 4.37. The number of benzene rings is 1. The van der Waals surface area contributed by atoms with Crippen molar-refractivity contribution in [3.05, 3.63) is 35.4 Å². The SMILES string of the molecule is CCNC(=NCc1ccccc1CN1CCOCC1)NCCCCN1CCN(CC)CC1.I. The highest BCUT2D eigenvalue weighted by atomic mass is 127. The Labute approximate surface area is 218 Å². The van der Waals surface area contributed by atoms with E-state index in [-0.39, 0.29) is 24.0 Å². The maximum atomic E-state index is 5.49. The van der Waals surface area contributed by atoms with Gasteiger partial charge < -0.3 is 25.2 Å². The predicted molar refractivity (Wildman–Crippen MR) is 149 cm³/mol. The third kappa shape index (κ3) is 10.5. The Hall–Kier alpha value is -0.940. The van der Waals surface area contributed by atoms with Gasteiger partial charge in [-0.2, -0.15) is 0 Å². The van der Waals surface area contributed by atoms with Crippen molar-refractivity contribution >= 4 is 29.9 Å². The van der Waals surface area contributed by atoms with E-state index >= 15 is 0 Å². The summed E-state index contributed by atoms with van der Waals surface area (Å²) in [6.45, 7) is 18.9. The minimum absolute atomic E-state index is 0. The summed E-state index contributed by atoms with van der Waals surface area (Å²) in [5.41, 5.74) is 2.68. The molecule has 2 saturated heterocycles. The van der Waals surface area contributed by atoms with Crippen LogP contribution in [-0.4, -0.2) is 99.3 Å². The number of aliphatic imine (C=N–C) groups is 1. The molecule has 1 aromatic carbocycles. The number of ether oxygens (including phenoxy) is 1. The van der Waals surface area contributed by atoms with Gasteiger partial charge in [0.05, 0.1) is 19.8 Å². The first-order valence-corrected chi connectivity index (χ1v) is 12.6. The molecule has 2 fully saturated rings. The molecule has 0 spiro atoms. The number of likely N-dealkylation sites (N-methyl/N-ethyl adjacent to an activating group) is 1. The fraction of sp³-hybridized carbons (Fsp3) is 0.720. The van der Waals surface area contributed by atoms with Gasteiger partial charge in [0, 0.05) is 58.9 Å². The number of hydrogen-bond donors (Lipinski definition) is 2. The van der Waals surface area contributed by atoms with Crippen LogP contribution in [0.1, 0.15) is 37.8 Å². The van der Waals surface area contributed by atoms with Gasteiger partial charge in [-0.1, -0.05) is 31.2 Å². The molecule has 2 aliphatic rings. The van der Waals surface area contributed by atoms with Gasteiger partial charge in [0.25, 0.3) is 0 Å². The Balaban J connectivity index is 0.00000385.